The van der Waals surface area contributed by atoms with Crippen molar-refractivity contribution in [1.29, 1.82) is 0 Å². The van der Waals surface area contributed by atoms with E-state index in [1.54, 1.807) is 6.08 Å². The van der Waals surface area contributed by atoms with Gasteiger partial charge in [0.25, 0.3) is 0 Å². The van der Waals surface area contributed by atoms with Crippen LogP contribution in [0.15, 0.2) is 60.8 Å². The molecule has 7 unspecified atom stereocenters. The molecule has 1 fully saturated rings. The largest absolute Gasteiger partial charge is 0.466 e. The average Bonchev–Trinajstić information content (AvgIpc) is 3.30. The Balaban J connectivity index is 2.20. The Morgan fingerprint density at radius 2 is 1.11 bits per heavy atom. The van der Waals surface area contributed by atoms with Gasteiger partial charge in [0.05, 0.1) is 32.0 Å². The summed E-state index contributed by atoms with van der Waals surface area (Å²) in [6, 6.07) is -0.878. The molecular weight excluding hydrogens is 823 g/mol. The Labute approximate surface area is 395 Å². The number of nitrogens with one attached hydrogen (secondary N) is 1. The number of ether oxygens (including phenoxy) is 3. The molecule has 6 N–H and O–H groups in total. The van der Waals surface area contributed by atoms with Crippen molar-refractivity contribution < 1.29 is 49.3 Å². The van der Waals surface area contributed by atoms with Crippen LogP contribution < -0.4 is 5.32 Å². The number of unbranched alkanes of at least 4 members (excludes halogenated alkanes) is 21. The van der Waals surface area contributed by atoms with Crippen molar-refractivity contribution in [3.63, 3.8) is 0 Å². The number of allylic oxidation sites excluding steroid dienone is 9. The third-order valence-corrected chi connectivity index (χ3v) is 11.9. The van der Waals surface area contributed by atoms with Crippen LogP contribution in [0, 0.1) is 0 Å². The lowest BCUT2D eigenvalue weighted by Crippen LogP contribution is -2.60. The maximum Gasteiger partial charge on any atom is 0.305 e. The van der Waals surface area contributed by atoms with Crippen LogP contribution in [-0.4, -0.2) is 100 Å². The van der Waals surface area contributed by atoms with Crippen LogP contribution in [-0.2, 0) is 23.8 Å². The SMILES string of the molecule is CC/C=C/CC/C=C/CC/C=C/C(O)C(COC1OC(CO)C(O)C(O)C1O)NC(=O)CC/C=C\C/C=C\CCCCCCCCOC(=O)CCCCCCCCCCCCCCCC. The Bertz CT molecular complexity index is 1270. The minimum Gasteiger partial charge on any atom is -0.466 e. The van der Waals surface area contributed by atoms with Crippen LogP contribution in [0.2, 0.25) is 0 Å². The van der Waals surface area contributed by atoms with Crippen molar-refractivity contribution in [3.05, 3.63) is 60.8 Å². The molecule has 0 bridgehead atoms. The molecule has 376 valence electrons. The van der Waals surface area contributed by atoms with E-state index in [9.17, 15) is 35.1 Å². The molecule has 7 atom stereocenters. The molecule has 1 amide bonds. The summed E-state index contributed by atoms with van der Waals surface area (Å²) in [6.07, 6.45) is 44.7. The Kier molecular flexibility index (Phi) is 40.8. The second-order valence-electron chi connectivity index (χ2n) is 17.8. The molecule has 0 aliphatic carbocycles. The van der Waals surface area contributed by atoms with Gasteiger partial charge in [0, 0.05) is 12.8 Å². The maximum atomic E-state index is 12.9. The summed E-state index contributed by atoms with van der Waals surface area (Å²) in [6.45, 7) is 4.08. The van der Waals surface area contributed by atoms with Crippen molar-refractivity contribution in [2.75, 3.05) is 19.8 Å². The molecule has 0 saturated carbocycles. The number of esters is 1. The zero-order valence-electron chi connectivity index (χ0n) is 40.9. The zero-order valence-corrected chi connectivity index (χ0v) is 40.9. The molecule has 0 radical (unpaired) electrons. The average molecular weight is 918 g/mol. The molecule has 0 aromatic heterocycles. The van der Waals surface area contributed by atoms with E-state index in [2.05, 4.69) is 55.6 Å². The Morgan fingerprint density at radius 3 is 1.71 bits per heavy atom. The van der Waals surface area contributed by atoms with Crippen LogP contribution in [0.4, 0.5) is 0 Å². The zero-order chi connectivity index (χ0) is 47.4. The maximum absolute atomic E-state index is 12.9. The lowest BCUT2D eigenvalue weighted by molar-refractivity contribution is -0.302. The lowest BCUT2D eigenvalue weighted by Gasteiger charge is -2.40. The molecule has 1 aliphatic heterocycles. The molecule has 0 aromatic rings. The van der Waals surface area contributed by atoms with Gasteiger partial charge in [-0.25, -0.2) is 0 Å². The van der Waals surface area contributed by atoms with Gasteiger partial charge in [-0.2, -0.15) is 0 Å². The van der Waals surface area contributed by atoms with Crippen LogP contribution in [0.3, 0.4) is 0 Å². The fraction of sp³-hybridized carbons (Fsp3) is 0.778. The molecule has 1 rings (SSSR count). The van der Waals surface area contributed by atoms with E-state index in [0.29, 0.717) is 25.9 Å². The van der Waals surface area contributed by atoms with Gasteiger partial charge in [-0.15, -0.1) is 0 Å². The van der Waals surface area contributed by atoms with Gasteiger partial charge in [-0.1, -0.05) is 184 Å². The van der Waals surface area contributed by atoms with E-state index in [0.717, 1.165) is 77.0 Å². The first-order valence-electron chi connectivity index (χ1n) is 26.1. The highest BCUT2D eigenvalue weighted by molar-refractivity contribution is 5.76. The van der Waals surface area contributed by atoms with Crippen LogP contribution in [0.1, 0.15) is 206 Å². The molecule has 11 nitrogen and oxygen atoms in total. The number of hydrogen-bond donors (Lipinski definition) is 6. The van der Waals surface area contributed by atoms with Gasteiger partial charge >= 0.3 is 5.97 Å². The topological polar surface area (TPSA) is 175 Å². The highest BCUT2D eigenvalue weighted by Gasteiger charge is 2.44. The van der Waals surface area contributed by atoms with Crippen LogP contribution >= 0.6 is 0 Å². The predicted octanol–water partition coefficient (Wildman–Crippen LogP) is 10.7. The van der Waals surface area contributed by atoms with Gasteiger partial charge in [0.1, 0.15) is 24.4 Å². The van der Waals surface area contributed by atoms with Gasteiger partial charge < -0.3 is 45.1 Å². The second kappa shape index (κ2) is 43.9. The minimum atomic E-state index is -1.60. The Morgan fingerprint density at radius 1 is 0.585 bits per heavy atom. The standard InChI is InChI=1S/C54H95NO10/c1-3-5-7-9-11-13-15-16-19-22-26-30-34-38-42-50(59)63-43-39-35-31-27-23-20-17-18-21-25-29-33-37-41-49(58)55-46(45-64-54-53(62)52(61)51(60)48(44-56)65-54)47(57)40-36-32-28-24-14-12-10-8-6-4-2/h6,8,14,18,21,24,29,33,36,40,46-48,51-54,56-57,60-62H,3-5,7,9-13,15-17,19-20,22-23,25-28,30-32,34-35,37-39,41-45H2,1-2H3,(H,55,58)/b8-6+,21-18-,24-14+,33-29-,40-36+. The summed E-state index contributed by atoms with van der Waals surface area (Å²) in [5, 5.41) is 54.0. The third kappa shape index (κ3) is 34.3. The second-order valence-corrected chi connectivity index (χ2v) is 17.8. The molecule has 0 aromatic carbocycles. The predicted molar refractivity (Wildman–Crippen MR) is 264 cm³/mol. The number of carbonyl (C=O) groups excluding carboxylic acids is 2. The summed E-state index contributed by atoms with van der Waals surface area (Å²) in [4.78, 5) is 25.0. The van der Waals surface area contributed by atoms with Crippen molar-refractivity contribution >= 4 is 11.9 Å². The van der Waals surface area contributed by atoms with E-state index in [-0.39, 0.29) is 24.9 Å². The number of hydrogen-bond acceptors (Lipinski definition) is 10. The van der Waals surface area contributed by atoms with E-state index >= 15 is 0 Å². The van der Waals surface area contributed by atoms with E-state index in [1.165, 1.54) is 89.9 Å². The molecule has 11 heteroatoms. The first-order valence-corrected chi connectivity index (χ1v) is 26.1. The molecular formula is C54H95NO10. The van der Waals surface area contributed by atoms with E-state index < -0.39 is 49.5 Å². The van der Waals surface area contributed by atoms with Gasteiger partial charge in [-0.3, -0.25) is 9.59 Å². The van der Waals surface area contributed by atoms with Gasteiger partial charge in [-0.05, 0) is 70.6 Å². The van der Waals surface area contributed by atoms with Crippen molar-refractivity contribution in [2.45, 2.75) is 249 Å². The summed E-state index contributed by atoms with van der Waals surface area (Å²) >= 11 is 0. The van der Waals surface area contributed by atoms with Crippen molar-refractivity contribution in [3.8, 4) is 0 Å². The number of aliphatic hydroxyl groups is 5. The quantitative estimate of drug-likeness (QED) is 0.0196. The number of rotatable bonds is 43. The third-order valence-electron chi connectivity index (χ3n) is 11.9. The van der Waals surface area contributed by atoms with Crippen molar-refractivity contribution in [1.82, 2.24) is 5.32 Å². The highest BCUT2D eigenvalue weighted by atomic mass is 16.7. The number of carbonyl (C=O) groups is 2. The van der Waals surface area contributed by atoms with Gasteiger partial charge in [0.2, 0.25) is 5.91 Å². The monoisotopic (exact) mass is 918 g/mol. The van der Waals surface area contributed by atoms with E-state index in [1.807, 2.05) is 18.2 Å². The molecule has 65 heavy (non-hydrogen) atoms. The number of amides is 1. The Hall–Kier alpha value is -2.64. The van der Waals surface area contributed by atoms with Crippen molar-refractivity contribution in [2.24, 2.45) is 0 Å². The first kappa shape index (κ1) is 60.4. The molecule has 1 saturated heterocycles. The fourth-order valence-corrected chi connectivity index (χ4v) is 7.70. The normalized spacial score (nSPS) is 20.3. The smallest absolute Gasteiger partial charge is 0.305 e. The van der Waals surface area contributed by atoms with E-state index in [4.69, 9.17) is 14.2 Å². The fourth-order valence-electron chi connectivity index (χ4n) is 7.70. The van der Waals surface area contributed by atoms with Crippen LogP contribution in [0.25, 0.3) is 0 Å². The van der Waals surface area contributed by atoms with Gasteiger partial charge in [0.15, 0.2) is 6.29 Å². The first-order chi connectivity index (χ1) is 31.7. The summed E-state index contributed by atoms with van der Waals surface area (Å²) in [7, 11) is 0. The summed E-state index contributed by atoms with van der Waals surface area (Å²) < 4.78 is 16.6. The summed E-state index contributed by atoms with van der Waals surface area (Å²) in [5.74, 6) is -0.321. The summed E-state index contributed by atoms with van der Waals surface area (Å²) in [5.41, 5.74) is 0. The number of aliphatic hydroxyl groups excluding tert-OH is 5. The van der Waals surface area contributed by atoms with Crippen LogP contribution in [0.5, 0.6) is 0 Å². The molecule has 1 heterocycles. The lowest BCUT2D eigenvalue weighted by atomic mass is 9.99. The molecule has 0 spiro atoms. The highest BCUT2D eigenvalue weighted by Crippen LogP contribution is 2.22. The molecule has 1 aliphatic rings. The minimum absolute atomic E-state index is 0.0403.